The highest BCUT2D eigenvalue weighted by Gasteiger charge is 2.29. The molecule has 3 nitrogen and oxygen atoms in total. The Morgan fingerprint density at radius 3 is 2.88 bits per heavy atom. The van der Waals surface area contributed by atoms with E-state index in [1.807, 2.05) is 0 Å². The van der Waals surface area contributed by atoms with Gasteiger partial charge in [-0.25, -0.2) is 0 Å². The van der Waals surface area contributed by atoms with Crippen LogP contribution in [0, 0.1) is 5.92 Å². The van der Waals surface area contributed by atoms with Gasteiger partial charge in [0.1, 0.15) is 0 Å². The Balaban J connectivity index is 1.74. The van der Waals surface area contributed by atoms with E-state index in [2.05, 4.69) is 31.1 Å². The van der Waals surface area contributed by atoms with Gasteiger partial charge in [-0.15, -0.1) is 0 Å². The van der Waals surface area contributed by atoms with Crippen LogP contribution in [0.1, 0.15) is 39.5 Å². The van der Waals surface area contributed by atoms with E-state index in [9.17, 15) is 0 Å². The van der Waals surface area contributed by atoms with Crippen LogP contribution in [-0.4, -0.2) is 49.8 Å². The number of morpholine rings is 1. The van der Waals surface area contributed by atoms with Crippen molar-refractivity contribution in [3.8, 4) is 0 Å². The largest absolute Gasteiger partial charge is 0.373 e. The van der Waals surface area contributed by atoms with E-state index in [1.165, 1.54) is 32.2 Å². The van der Waals surface area contributed by atoms with Crippen molar-refractivity contribution in [3.05, 3.63) is 0 Å². The van der Waals surface area contributed by atoms with Crippen molar-refractivity contribution in [3.63, 3.8) is 0 Å². The van der Waals surface area contributed by atoms with Crippen molar-refractivity contribution in [2.24, 2.45) is 5.92 Å². The molecule has 1 saturated heterocycles. The fourth-order valence-corrected chi connectivity index (χ4v) is 3.42. The van der Waals surface area contributed by atoms with Crippen LogP contribution in [0.3, 0.4) is 0 Å². The number of ether oxygens (including phenoxy) is 1. The van der Waals surface area contributed by atoms with E-state index >= 15 is 0 Å². The zero-order chi connectivity index (χ0) is 12.3. The van der Waals surface area contributed by atoms with Crippen molar-refractivity contribution >= 4 is 0 Å². The summed E-state index contributed by atoms with van der Waals surface area (Å²) < 4.78 is 5.76. The maximum Gasteiger partial charge on any atom is 0.0753 e. The van der Waals surface area contributed by atoms with Crippen LogP contribution in [0.25, 0.3) is 0 Å². The first-order valence-corrected chi connectivity index (χ1v) is 7.14. The normalized spacial score (nSPS) is 34.1. The van der Waals surface area contributed by atoms with Gasteiger partial charge in [-0.1, -0.05) is 6.42 Å². The molecule has 1 N–H and O–H groups in total. The van der Waals surface area contributed by atoms with Crippen molar-refractivity contribution in [1.82, 2.24) is 10.2 Å². The molecule has 0 spiro atoms. The van der Waals surface area contributed by atoms with Gasteiger partial charge < -0.3 is 10.1 Å². The minimum Gasteiger partial charge on any atom is -0.373 e. The van der Waals surface area contributed by atoms with Crippen LogP contribution in [0.15, 0.2) is 0 Å². The third-order valence-corrected chi connectivity index (χ3v) is 4.35. The molecule has 2 aliphatic rings. The Morgan fingerprint density at radius 1 is 1.35 bits per heavy atom. The van der Waals surface area contributed by atoms with Gasteiger partial charge in [-0.3, -0.25) is 4.90 Å². The summed E-state index contributed by atoms with van der Waals surface area (Å²) in [5, 5.41) is 3.47. The molecule has 0 amide bonds. The predicted molar refractivity (Wildman–Crippen MR) is 71.3 cm³/mol. The third kappa shape index (κ3) is 3.67. The summed E-state index contributed by atoms with van der Waals surface area (Å²) >= 11 is 0. The molecule has 0 bridgehead atoms. The first-order valence-electron chi connectivity index (χ1n) is 7.14. The summed E-state index contributed by atoms with van der Waals surface area (Å²) in [4.78, 5) is 2.58. The van der Waals surface area contributed by atoms with Crippen LogP contribution in [0.5, 0.6) is 0 Å². The van der Waals surface area contributed by atoms with Gasteiger partial charge in [0.05, 0.1) is 12.2 Å². The molecule has 17 heavy (non-hydrogen) atoms. The molecule has 0 aromatic rings. The molecule has 0 aromatic heterocycles. The monoisotopic (exact) mass is 240 g/mol. The highest BCUT2D eigenvalue weighted by Crippen LogP contribution is 2.28. The number of nitrogens with zero attached hydrogens (tertiary/aromatic N) is 1. The lowest BCUT2D eigenvalue weighted by Crippen LogP contribution is -2.48. The van der Waals surface area contributed by atoms with Gasteiger partial charge >= 0.3 is 0 Å². The predicted octanol–water partition coefficient (Wildman–Crippen LogP) is 1.88. The van der Waals surface area contributed by atoms with Gasteiger partial charge in [-0.2, -0.15) is 0 Å². The minimum absolute atomic E-state index is 0.0519. The lowest BCUT2D eigenvalue weighted by Gasteiger charge is -2.38. The van der Waals surface area contributed by atoms with Crippen molar-refractivity contribution in [2.45, 2.75) is 51.2 Å². The number of hydrogen-bond acceptors (Lipinski definition) is 3. The second kappa shape index (κ2) is 5.68. The molecule has 100 valence electrons. The molecule has 2 unspecified atom stereocenters. The maximum absolute atomic E-state index is 5.76. The quantitative estimate of drug-likeness (QED) is 0.812. The zero-order valence-corrected chi connectivity index (χ0v) is 11.7. The maximum atomic E-state index is 5.76. The number of rotatable bonds is 4. The van der Waals surface area contributed by atoms with Gasteiger partial charge in [0.25, 0.3) is 0 Å². The Morgan fingerprint density at radius 2 is 2.18 bits per heavy atom. The average Bonchev–Trinajstić information content (AvgIpc) is 2.72. The van der Waals surface area contributed by atoms with E-state index in [0.29, 0.717) is 0 Å². The van der Waals surface area contributed by atoms with Crippen LogP contribution >= 0.6 is 0 Å². The molecule has 3 heteroatoms. The Kier molecular flexibility index (Phi) is 4.45. The Labute approximate surface area is 106 Å². The Bertz CT molecular complexity index is 242. The summed E-state index contributed by atoms with van der Waals surface area (Å²) in [6, 6.07) is 0.768. The fourth-order valence-electron chi connectivity index (χ4n) is 3.42. The molecule has 0 radical (unpaired) electrons. The highest BCUT2D eigenvalue weighted by atomic mass is 16.5. The van der Waals surface area contributed by atoms with E-state index in [0.717, 1.165) is 31.7 Å². The summed E-state index contributed by atoms with van der Waals surface area (Å²) in [5.74, 6) is 0.894. The summed E-state index contributed by atoms with van der Waals surface area (Å²) in [5.41, 5.74) is 0.0519. The molecule has 1 heterocycles. The lowest BCUT2D eigenvalue weighted by atomic mass is 9.98. The van der Waals surface area contributed by atoms with Gasteiger partial charge in [0.15, 0.2) is 0 Å². The summed E-state index contributed by atoms with van der Waals surface area (Å²) in [7, 11) is 2.11. The first-order chi connectivity index (χ1) is 8.11. The second-order valence-electron chi connectivity index (χ2n) is 6.26. The van der Waals surface area contributed by atoms with Crippen molar-refractivity contribution in [1.29, 1.82) is 0 Å². The van der Waals surface area contributed by atoms with Gasteiger partial charge in [0.2, 0.25) is 0 Å². The van der Waals surface area contributed by atoms with E-state index < -0.39 is 0 Å². The number of hydrogen-bond donors (Lipinski definition) is 1. The van der Waals surface area contributed by atoms with Crippen LogP contribution in [-0.2, 0) is 4.74 Å². The molecular formula is C14H28N2O. The smallest absolute Gasteiger partial charge is 0.0753 e. The van der Waals surface area contributed by atoms with Crippen molar-refractivity contribution in [2.75, 3.05) is 33.3 Å². The standard InChI is InChI=1S/C14H28N2O/c1-14(2)11-16(9-10-17-14)8-7-12-5-4-6-13(12)15-3/h12-13,15H,4-11H2,1-3H3. The minimum atomic E-state index is 0.0519. The molecule has 2 rings (SSSR count). The van der Waals surface area contributed by atoms with Crippen LogP contribution in [0.4, 0.5) is 0 Å². The topological polar surface area (TPSA) is 24.5 Å². The highest BCUT2D eigenvalue weighted by molar-refractivity contribution is 4.84. The molecule has 2 atom stereocenters. The SMILES string of the molecule is CNC1CCCC1CCN1CCOC(C)(C)C1. The molecule has 0 aromatic carbocycles. The average molecular weight is 240 g/mol. The fraction of sp³-hybridized carbons (Fsp3) is 1.00. The van der Waals surface area contributed by atoms with E-state index in [4.69, 9.17) is 4.74 Å². The van der Waals surface area contributed by atoms with Crippen molar-refractivity contribution < 1.29 is 4.74 Å². The molecule has 1 aliphatic heterocycles. The first kappa shape index (κ1) is 13.3. The summed E-state index contributed by atoms with van der Waals surface area (Å²) in [6.45, 7) is 8.74. The van der Waals surface area contributed by atoms with Crippen LogP contribution in [0.2, 0.25) is 0 Å². The molecule has 1 aliphatic carbocycles. The lowest BCUT2D eigenvalue weighted by molar-refractivity contribution is -0.0868. The van der Waals surface area contributed by atoms with Gasteiger partial charge in [-0.05, 0) is 52.6 Å². The summed E-state index contributed by atoms with van der Waals surface area (Å²) in [6.07, 6.45) is 5.54. The van der Waals surface area contributed by atoms with Gasteiger partial charge in [0, 0.05) is 19.1 Å². The van der Waals surface area contributed by atoms with Crippen LogP contribution < -0.4 is 5.32 Å². The van der Waals surface area contributed by atoms with E-state index in [1.54, 1.807) is 0 Å². The molecule has 1 saturated carbocycles. The molecular weight excluding hydrogens is 212 g/mol. The molecule has 2 fully saturated rings. The Hall–Kier alpha value is -0.120. The second-order valence-corrected chi connectivity index (χ2v) is 6.26. The zero-order valence-electron chi connectivity index (χ0n) is 11.7. The third-order valence-electron chi connectivity index (χ3n) is 4.35. The van der Waals surface area contributed by atoms with E-state index in [-0.39, 0.29) is 5.60 Å². The number of nitrogens with one attached hydrogen (secondary N) is 1.